The number of halogens is 1. The molecule has 1 aliphatic rings. The first-order valence-corrected chi connectivity index (χ1v) is 6.76. The van der Waals surface area contributed by atoms with Gasteiger partial charge >= 0.3 is 7.12 Å². The molecule has 1 saturated heterocycles. The summed E-state index contributed by atoms with van der Waals surface area (Å²) >= 11 is 6.20. The third-order valence-electron chi connectivity index (χ3n) is 4.12. The van der Waals surface area contributed by atoms with Crippen molar-refractivity contribution in [3.8, 4) is 5.75 Å². The van der Waals surface area contributed by atoms with Crippen LogP contribution in [0.1, 0.15) is 33.3 Å². The van der Waals surface area contributed by atoms with Crippen LogP contribution in [0.3, 0.4) is 0 Å². The van der Waals surface area contributed by atoms with Gasteiger partial charge in [0.25, 0.3) is 0 Å². The van der Waals surface area contributed by atoms with E-state index < -0.39 is 7.12 Å². The second kappa shape index (κ2) is 4.69. The molecule has 104 valence electrons. The Morgan fingerprint density at radius 2 is 1.63 bits per heavy atom. The van der Waals surface area contributed by atoms with Crippen molar-refractivity contribution in [2.45, 2.75) is 45.8 Å². The highest BCUT2D eigenvalue weighted by Gasteiger charge is 2.53. The summed E-state index contributed by atoms with van der Waals surface area (Å²) in [5.41, 5.74) is 1.04. The van der Waals surface area contributed by atoms with E-state index in [9.17, 15) is 0 Å². The standard InChI is InChI=1S/C14H20BClO3/c1-9-10(16)7-8-11(17-6)12(9)15-18-13(2,3)14(4,5)19-15/h7-8H,1-6H3. The molecule has 0 saturated carbocycles. The van der Waals surface area contributed by atoms with E-state index in [0.29, 0.717) is 5.02 Å². The van der Waals surface area contributed by atoms with Gasteiger partial charge in [-0.1, -0.05) is 11.6 Å². The molecular formula is C14H20BClO3. The Hall–Kier alpha value is -0.705. The fourth-order valence-corrected chi connectivity index (χ4v) is 2.27. The van der Waals surface area contributed by atoms with Crippen molar-refractivity contribution in [2.24, 2.45) is 0 Å². The van der Waals surface area contributed by atoms with Gasteiger partial charge in [0, 0.05) is 10.5 Å². The molecular weight excluding hydrogens is 262 g/mol. The predicted octanol–water partition coefficient (Wildman–Crippen LogP) is 2.96. The summed E-state index contributed by atoms with van der Waals surface area (Å²) in [7, 11) is 1.18. The molecule has 0 N–H and O–H groups in total. The molecule has 0 spiro atoms. The van der Waals surface area contributed by atoms with E-state index in [2.05, 4.69) is 0 Å². The minimum absolute atomic E-state index is 0.378. The molecule has 0 aliphatic carbocycles. The van der Waals surface area contributed by atoms with Crippen LogP contribution in [-0.2, 0) is 9.31 Å². The normalized spacial score (nSPS) is 20.7. The molecule has 0 aromatic heterocycles. The first-order chi connectivity index (χ1) is 8.69. The summed E-state index contributed by atoms with van der Waals surface area (Å²) in [6, 6.07) is 3.67. The van der Waals surface area contributed by atoms with Crippen molar-refractivity contribution < 1.29 is 14.0 Å². The molecule has 1 aliphatic heterocycles. The van der Waals surface area contributed by atoms with Crippen molar-refractivity contribution in [2.75, 3.05) is 7.11 Å². The Balaban J connectivity index is 2.47. The molecule has 1 heterocycles. The van der Waals surface area contributed by atoms with Gasteiger partial charge in [0.2, 0.25) is 0 Å². The summed E-state index contributed by atoms with van der Waals surface area (Å²) < 4.78 is 17.5. The van der Waals surface area contributed by atoms with E-state index in [4.69, 9.17) is 25.6 Å². The Morgan fingerprint density at radius 1 is 1.11 bits per heavy atom. The van der Waals surface area contributed by atoms with Crippen molar-refractivity contribution in [1.82, 2.24) is 0 Å². The van der Waals surface area contributed by atoms with Crippen LogP contribution in [0, 0.1) is 6.92 Å². The molecule has 2 rings (SSSR count). The lowest BCUT2D eigenvalue weighted by molar-refractivity contribution is 0.00578. The molecule has 1 fully saturated rings. The molecule has 1 aromatic carbocycles. The molecule has 0 atom stereocenters. The van der Waals surface area contributed by atoms with E-state index in [0.717, 1.165) is 16.8 Å². The summed E-state index contributed by atoms with van der Waals surface area (Å²) in [5.74, 6) is 0.736. The fraction of sp³-hybridized carbons (Fsp3) is 0.571. The van der Waals surface area contributed by atoms with Crippen LogP contribution in [0.25, 0.3) is 0 Å². The van der Waals surface area contributed by atoms with Gasteiger partial charge in [-0.25, -0.2) is 0 Å². The molecule has 0 radical (unpaired) electrons. The Morgan fingerprint density at radius 3 is 2.11 bits per heavy atom. The monoisotopic (exact) mass is 282 g/mol. The molecule has 5 heteroatoms. The van der Waals surface area contributed by atoms with Crippen molar-refractivity contribution in [3.63, 3.8) is 0 Å². The molecule has 1 aromatic rings. The number of ether oxygens (including phenoxy) is 1. The lowest BCUT2D eigenvalue weighted by Gasteiger charge is -2.32. The lowest BCUT2D eigenvalue weighted by atomic mass is 9.75. The van der Waals surface area contributed by atoms with Gasteiger partial charge in [-0.2, -0.15) is 0 Å². The zero-order valence-electron chi connectivity index (χ0n) is 12.3. The van der Waals surface area contributed by atoms with Crippen molar-refractivity contribution in [3.05, 3.63) is 22.7 Å². The summed E-state index contributed by atoms with van der Waals surface area (Å²) in [5, 5.41) is 0.686. The number of benzene rings is 1. The van der Waals surface area contributed by atoms with Gasteiger partial charge in [-0.15, -0.1) is 0 Å². The van der Waals surface area contributed by atoms with Crippen molar-refractivity contribution >= 4 is 24.2 Å². The fourth-order valence-electron chi connectivity index (χ4n) is 2.11. The third kappa shape index (κ3) is 2.37. The Bertz CT molecular complexity index is 484. The quantitative estimate of drug-likeness (QED) is 0.781. The Labute approximate surface area is 120 Å². The SMILES string of the molecule is COc1ccc(Cl)c(C)c1B1OC(C)(C)C(C)(C)O1. The van der Waals surface area contributed by atoms with E-state index >= 15 is 0 Å². The molecule has 0 unspecified atom stereocenters. The first-order valence-electron chi connectivity index (χ1n) is 6.38. The number of hydrogen-bond acceptors (Lipinski definition) is 3. The second-order valence-corrected chi connectivity index (χ2v) is 6.28. The smallest absolute Gasteiger partial charge is 0.497 e. The average Bonchev–Trinajstić information content (AvgIpc) is 2.51. The number of hydrogen-bond donors (Lipinski definition) is 0. The Kier molecular flexibility index (Phi) is 3.63. The van der Waals surface area contributed by atoms with E-state index in [1.165, 1.54) is 0 Å². The van der Waals surface area contributed by atoms with E-state index in [1.807, 2.05) is 46.8 Å². The first kappa shape index (κ1) is 14.7. The van der Waals surface area contributed by atoms with Crippen LogP contribution in [-0.4, -0.2) is 25.4 Å². The third-order valence-corrected chi connectivity index (χ3v) is 4.53. The van der Waals surface area contributed by atoms with Crippen LogP contribution in [0.5, 0.6) is 5.75 Å². The second-order valence-electron chi connectivity index (χ2n) is 5.88. The molecule has 19 heavy (non-hydrogen) atoms. The summed E-state index contributed by atoms with van der Waals surface area (Å²) in [6.45, 7) is 10.1. The van der Waals surface area contributed by atoms with Gasteiger partial charge in [0.1, 0.15) is 5.75 Å². The van der Waals surface area contributed by atoms with Gasteiger partial charge in [-0.05, 0) is 52.3 Å². The summed E-state index contributed by atoms with van der Waals surface area (Å²) in [6.07, 6.45) is 0. The maximum atomic E-state index is 6.20. The topological polar surface area (TPSA) is 27.7 Å². The minimum Gasteiger partial charge on any atom is -0.497 e. The van der Waals surface area contributed by atoms with Gasteiger partial charge < -0.3 is 14.0 Å². The molecule has 0 amide bonds. The maximum absolute atomic E-state index is 6.20. The number of rotatable bonds is 2. The van der Waals surface area contributed by atoms with E-state index in [-0.39, 0.29) is 11.2 Å². The highest BCUT2D eigenvalue weighted by Crippen LogP contribution is 2.37. The van der Waals surface area contributed by atoms with Gasteiger partial charge in [0.15, 0.2) is 0 Å². The van der Waals surface area contributed by atoms with Crippen LogP contribution < -0.4 is 10.2 Å². The average molecular weight is 283 g/mol. The minimum atomic E-state index is -0.460. The predicted molar refractivity (Wildman–Crippen MR) is 78.5 cm³/mol. The van der Waals surface area contributed by atoms with Crippen molar-refractivity contribution in [1.29, 1.82) is 0 Å². The van der Waals surface area contributed by atoms with Gasteiger partial charge in [-0.3, -0.25) is 0 Å². The van der Waals surface area contributed by atoms with Crippen LogP contribution in [0.4, 0.5) is 0 Å². The molecule has 3 nitrogen and oxygen atoms in total. The van der Waals surface area contributed by atoms with E-state index in [1.54, 1.807) is 7.11 Å². The zero-order valence-corrected chi connectivity index (χ0v) is 13.1. The maximum Gasteiger partial charge on any atom is 0.498 e. The lowest BCUT2D eigenvalue weighted by Crippen LogP contribution is -2.41. The zero-order chi connectivity index (χ0) is 14.4. The summed E-state index contributed by atoms with van der Waals surface area (Å²) in [4.78, 5) is 0. The van der Waals surface area contributed by atoms with Crippen LogP contribution in [0.15, 0.2) is 12.1 Å². The van der Waals surface area contributed by atoms with Crippen LogP contribution >= 0.6 is 11.6 Å². The van der Waals surface area contributed by atoms with Gasteiger partial charge in [0.05, 0.1) is 18.3 Å². The highest BCUT2D eigenvalue weighted by atomic mass is 35.5. The largest absolute Gasteiger partial charge is 0.498 e. The van der Waals surface area contributed by atoms with Crippen LogP contribution in [0.2, 0.25) is 5.02 Å². The molecule has 0 bridgehead atoms. The number of methoxy groups -OCH3 is 1. The highest BCUT2D eigenvalue weighted by molar-refractivity contribution is 6.64.